The highest BCUT2D eigenvalue weighted by atomic mass is 32.2. The number of hydrogen-bond acceptors (Lipinski definition) is 5. The van der Waals surface area contributed by atoms with E-state index in [1.807, 2.05) is 35.7 Å². The molecule has 138 valence electrons. The summed E-state index contributed by atoms with van der Waals surface area (Å²) in [5, 5.41) is 3.12. The summed E-state index contributed by atoms with van der Waals surface area (Å²) in [5.41, 5.74) is 1.25. The Morgan fingerprint density at radius 2 is 1.96 bits per heavy atom. The Bertz CT molecular complexity index is 590. The molecule has 1 heterocycles. The Morgan fingerprint density at radius 1 is 1.20 bits per heavy atom. The van der Waals surface area contributed by atoms with Crippen LogP contribution in [0.2, 0.25) is 0 Å². The van der Waals surface area contributed by atoms with Crippen molar-refractivity contribution in [3.63, 3.8) is 0 Å². The molecule has 1 aliphatic heterocycles. The number of methoxy groups -OCH3 is 1. The summed E-state index contributed by atoms with van der Waals surface area (Å²) < 4.78 is 11.7. The third-order valence-corrected chi connectivity index (χ3v) is 8.00. The minimum atomic E-state index is -0.0493. The molecule has 3 rings (SSSR count). The molecule has 1 N–H and O–H groups in total. The van der Waals surface area contributed by atoms with E-state index in [1.54, 1.807) is 7.11 Å². The highest BCUT2D eigenvalue weighted by Crippen LogP contribution is 2.46. The molecule has 2 atom stereocenters. The van der Waals surface area contributed by atoms with Crippen molar-refractivity contribution in [3.8, 4) is 11.5 Å². The van der Waals surface area contributed by atoms with Crippen LogP contribution in [0.25, 0.3) is 0 Å². The number of benzene rings is 1. The Morgan fingerprint density at radius 3 is 2.68 bits per heavy atom. The van der Waals surface area contributed by atoms with Crippen molar-refractivity contribution in [2.75, 3.05) is 25.2 Å². The maximum absolute atomic E-state index is 12.2. The van der Waals surface area contributed by atoms with Gasteiger partial charge in [-0.15, -0.1) is 23.5 Å². The highest BCUT2D eigenvalue weighted by molar-refractivity contribution is 8.19. The molecule has 1 aromatic rings. The first-order valence-electron chi connectivity index (χ1n) is 9.00. The predicted molar refractivity (Wildman–Crippen MR) is 106 cm³/mol. The van der Waals surface area contributed by atoms with Gasteiger partial charge in [0.25, 0.3) is 5.91 Å². The summed E-state index contributed by atoms with van der Waals surface area (Å²) >= 11 is 3.92. The topological polar surface area (TPSA) is 47.6 Å². The number of carbonyl (C=O) groups is 1. The third-order valence-electron chi connectivity index (χ3n) is 4.90. The van der Waals surface area contributed by atoms with E-state index in [0.29, 0.717) is 22.0 Å². The number of hydrogen-bond donors (Lipinski definition) is 1. The number of carbonyl (C=O) groups excluding carboxylic acids is 1. The number of amides is 1. The molecule has 1 aromatic carbocycles. The van der Waals surface area contributed by atoms with Gasteiger partial charge in [-0.1, -0.05) is 25.8 Å². The summed E-state index contributed by atoms with van der Waals surface area (Å²) in [6.07, 6.45) is 4.73. The lowest BCUT2D eigenvalue weighted by atomic mass is 9.86. The monoisotopic (exact) mass is 381 g/mol. The summed E-state index contributed by atoms with van der Waals surface area (Å²) in [6.45, 7) is 2.25. The average molecular weight is 382 g/mol. The van der Waals surface area contributed by atoms with Gasteiger partial charge in [-0.3, -0.25) is 4.79 Å². The fourth-order valence-electron chi connectivity index (χ4n) is 3.42. The molecule has 0 radical (unpaired) electrons. The van der Waals surface area contributed by atoms with Crippen molar-refractivity contribution < 1.29 is 14.3 Å². The van der Waals surface area contributed by atoms with E-state index in [-0.39, 0.29) is 18.6 Å². The first kappa shape index (κ1) is 18.8. The Hall–Kier alpha value is -1.01. The standard InChI is InChI=1S/C19H27NO3S2/c1-13-5-3-4-6-15(13)20-18(21)12-23-16-8-7-14(11-17(16)22-2)19-24-9-10-25-19/h7-8,11,13,15,19H,3-6,9-10,12H2,1-2H3,(H,20,21)/t13-,15+/m0/s1. The molecule has 6 heteroatoms. The SMILES string of the molecule is COc1cc(C2SCCS2)ccc1OCC(=O)N[C@@H]1CCCC[C@@H]1C. The van der Waals surface area contributed by atoms with Crippen LogP contribution in [-0.2, 0) is 4.79 Å². The molecular weight excluding hydrogens is 354 g/mol. The third kappa shape index (κ3) is 5.00. The van der Waals surface area contributed by atoms with E-state index in [1.165, 1.54) is 36.3 Å². The van der Waals surface area contributed by atoms with Crippen LogP contribution in [0.3, 0.4) is 0 Å². The smallest absolute Gasteiger partial charge is 0.258 e. The highest BCUT2D eigenvalue weighted by Gasteiger charge is 2.23. The van der Waals surface area contributed by atoms with E-state index >= 15 is 0 Å². The fraction of sp³-hybridized carbons (Fsp3) is 0.632. The van der Waals surface area contributed by atoms with Crippen molar-refractivity contribution in [2.45, 2.75) is 43.2 Å². The van der Waals surface area contributed by atoms with Crippen molar-refractivity contribution in [1.82, 2.24) is 5.32 Å². The molecule has 0 unspecified atom stereocenters. The quantitative estimate of drug-likeness (QED) is 0.798. The molecule has 2 aliphatic rings. The van der Waals surface area contributed by atoms with Gasteiger partial charge >= 0.3 is 0 Å². The van der Waals surface area contributed by atoms with Crippen LogP contribution in [0.5, 0.6) is 11.5 Å². The Labute approximate surface area is 158 Å². The largest absolute Gasteiger partial charge is 0.493 e. The number of ether oxygens (including phenoxy) is 2. The fourth-order valence-corrected chi connectivity index (χ4v) is 6.26. The molecule has 0 aromatic heterocycles. The zero-order chi connectivity index (χ0) is 17.6. The van der Waals surface area contributed by atoms with Crippen LogP contribution in [-0.4, -0.2) is 37.2 Å². The van der Waals surface area contributed by atoms with Gasteiger partial charge in [0.05, 0.1) is 11.7 Å². The zero-order valence-electron chi connectivity index (χ0n) is 15.0. The molecule has 4 nitrogen and oxygen atoms in total. The van der Waals surface area contributed by atoms with Crippen molar-refractivity contribution in [3.05, 3.63) is 23.8 Å². The number of nitrogens with one attached hydrogen (secondary N) is 1. The Kier molecular flexibility index (Phi) is 6.82. The lowest BCUT2D eigenvalue weighted by molar-refractivity contribution is -0.124. The van der Waals surface area contributed by atoms with Gasteiger partial charge in [-0.25, -0.2) is 0 Å². The lowest BCUT2D eigenvalue weighted by Crippen LogP contribution is -2.43. The molecule has 0 spiro atoms. The molecule has 1 amide bonds. The minimum absolute atomic E-state index is 0.0336. The lowest BCUT2D eigenvalue weighted by Gasteiger charge is -2.29. The normalized spacial score (nSPS) is 24.1. The van der Waals surface area contributed by atoms with Crippen molar-refractivity contribution in [1.29, 1.82) is 0 Å². The van der Waals surface area contributed by atoms with Gasteiger partial charge in [0, 0.05) is 17.5 Å². The first-order valence-corrected chi connectivity index (χ1v) is 11.1. The van der Waals surface area contributed by atoms with Gasteiger partial charge in [0.2, 0.25) is 0 Å². The van der Waals surface area contributed by atoms with E-state index in [0.717, 1.165) is 6.42 Å². The Balaban J connectivity index is 1.55. The van der Waals surface area contributed by atoms with E-state index in [2.05, 4.69) is 18.3 Å². The number of thioether (sulfide) groups is 2. The van der Waals surface area contributed by atoms with E-state index < -0.39 is 0 Å². The molecule has 25 heavy (non-hydrogen) atoms. The van der Waals surface area contributed by atoms with Crippen LogP contribution >= 0.6 is 23.5 Å². The predicted octanol–water partition coefficient (Wildman–Crippen LogP) is 4.25. The molecule has 1 saturated carbocycles. The average Bonchev–Trinajstić information content (AvgIpc) is 3.16. The minimum Gasteiger partial charge on any atom is -0.493 e. The maximum atomic E-state index is 12.2. The summed E-state index contributed by atoms with van der Waals surface area (Å²) in [6, 6.07) is 6.32. The van der Waals surface area contributed by atoms with Gasteiger partial charge in [0.15, 0.2) is 18.1 Å². The second-order valence-corrected chi connectivity index (χ2v) is 9.43. The van der Waals surface area contributed by atoms with Gasteiger partial charge < -0.3 is 14.8 Å². The van der Waals surface area contributed by atoms with Gasteiger partial charge in [0.1, 0.15) is 0 Å². The zero-order valence-corrected chi connectivity index (χ0v) is 16.6. The molecule has 1 saturated heterocycles. The van der Waals surface area contributed by atoms with Gasteiger partial charge in [-0.05, 0) is 36.5 Å². The van der Waals surface area contributed by atoms with Crippen LogP contribution in [0.15, 0.2) is 18.2 Å². The maximum Gasteiger partial charge on any atom is 0.258 e. The second-order valence-electron chi connectivity index (χ2n) is 6.71. The second kappa shape index (κ2) is 9.08. The van der Waals surface area contributed by atoms with Crippen LogP contribution < -0.4 is 14.8 Å². The van der Waals surface area contributed by atoms with Crippen LogP contribution in [0, 0.1) is 5.92 Å². The first-order chi connectivity index (χ1) is 12.2. The molecular formula is C19H27NO3S2. The summed E-state index contributed by atoms with van der Waals surface area (Å²) in [5.74, 6) is 4.21. The van der Waals surface area contributed by atoms with E-state index in [4.69, 9.17) is 9.47 Å². The summed E-state index contributed by atoms with van der Waals surface area (Å²) in [4.78, 5) is 12.2. The van der Waals surface area contributed by atoms with Gasteiger partial charge in [-0.2, -0.15) is 0 Å². The molecule has 2 fully saturated rings. The van der Waals surface area contributed by atoms with E-state index in [9.17, 15) is 4.79 Å². The molecule has 0 bridgehead atoms. The van der Waals surface area contributed by atoms with Crippen molar-refractivity contribution in [2.24, 2.45) is 5.92 Å². The van der Waals surface area contributed by atoms with Crippen LogP contribution in [0.4, 0.5) is 0 Å². The summed E-state index contributed by atoms with van der Waals surface area (Å²) in [7, 11) is 1.64. The molecule has 1 aliphatic carbocycles. The van der Waals surface area contributed by atoms with Crippen LogP contribution in [0.1, 0.15) is 42.8 Å². The van der Waals surface area contributed by atoms with Crippen molar-refractivity contribution >= 4 is 29.4 Å². The number of rotatable bonds is 6.